The number of carbonyl (C=O) groups is 1. The zero-order chi connectivity index (χ0) is 18.7. The molecule has 26 heavy (non-hydrogen) atoms. The first-order chi connectivity index (χ1) is 12.5. The van der Waals surface area contributed by atoms with Crippen molar-refractivity contribution in [3.8, 4) is 0 Å². The summed E-state index contributed by atoms with van der Waals surface area (Å²) in [6.45, 7) is 5.21. The summed E-state index contributed by atoms with van der Waals surface area (Å²) in [5, 5.41) is 3.04. The van der Waals surface area contributed by atoms with Crippen molar-refractivity contribution in [2.75, 3.05) is 25.5 Å². The molecule has 3 rings (SSSR count). The molecule has 6 nitrogen and oxygen atoms in total. The number of anilines is 1. The summed E-state index contributed by atoms with van der Waals surface area (Å²) >= 11 is 0. The van der Waals surface area contributed by atoms with Gasteiger partial charge in [0.2, 0.25) is 5.95 Å². The Kier molecular flexibility index (Phi) is 5.40. The maximum atomic E-state index is 12.8. The molecule has 0 spiro atoms. The Morgan fingerprint density at radius 3 is 2.81 bits per heavy atom. The second-order valence-electron chi connectivity index (χ2n) is 6.92. The Morgan fingerprint density at radius 1 is 1.31 bits per heavy atom. The minimum Gasteiger partial charge on any atom is -0.347 e. The molecule has 0 radical (unpaired) electrons. The summed E-state index contributed by atoms with van der Waals surface area (Å²) < 4.78 is 0. The molecule has 1 unspecified atom stereocenters. The van der Waals surface area contributed by atoms with E-state index in [2.05, 4.69) is 46.5 Å². The number of hydrogen-bond acceptors (Lipinski definition) is 4. The lowest BCUT2D eigenvalue weighted by molar-refractivity contribution is 0.166. The number of amides is 2. The number of benzene rings is 1. The summed E-state index contributed by atoms with van der Waals surface area (Å²) in [4.78, 5) is 25.5. The van der Waals surface area contributed by atoms with Gasteiger partial charge in [0.25, 0.3) is 0 Å². The number of aromatic nitrogens is 2. The molecule has 2 aromatic rings. The highest BCUT2D eigenvalue weighted by Crippen LogP contribution is 2.31. The van der Waals surface area contributed by atoms with E-state index in [0.717, 1.165) is 30.8 Å². The van der Waals surface area contributed by atoms with E-state index in [-0.39, 0.29) is 12.1 Å². The van der Waals surface area contributed by atoms with Gasteiger partial charge in [-0.3, -0.25) is 0 Å². The highest BCUT2D eigenvalue weighted by atomic mass is 16.2. The van der Waals surface area contributed by atoms with E-state index in [1.165, 1.54) is 11.1 Å². The number of carbonyl (C=O) groups excluding carboxylic acids is 1. The second kappa shape index (κ2) is 7.72. The molecule has 1 N–H and O–H groups in total. The van der Waals surface area contributed by atoms with Crippen molar-refractivity contribution in [3.63, 3.8) is 0 Å². The van der Waals surface area contributed by atoms with E-state index in [0.29, 0.717) is 12.5 Å². The minimum absolute atomic E-state index is 0.0333. The Hall–Kier alpha value is -2.63. The van der Waals surface area contributed by atoms with Gasteiger partial charge in [0.05, 0.1) is 18.3 Å². The first kappa shape index (κ1) is 18.2. The topological polar surface area (TPSA) is 61.4 Å². The van der Waals surface area contributed by atoms with Crippen molar-refractivity contribution in [2.24, 2.45) is 0 Å². The number of nitrogens with one attached hydrogen (secondary N) is 1. The van der Waals surface area contributed by atoms with Gasteiger partial charge in [-0.2, -0.15) is 0 Å². The largest absolute Gasteiger partial charge is 0.347 e. The SMILES string of the molecule is CCC1c2ccccc2CCN1C(=O)NCc1cc(C)nc(N(C)C)n1. The van der Waals surface area contributed by atoms with Gasteiger partial charge in [-0.1, -0.05) is 31.2 Å². The lowest BCUT2D eigenvalue weighted by Gasteiger charge is -2.37. The smallest absolute Gasteiger partial charge is 0.318 e. The summed E-state index contributed by atoms with van der Waals surface area (Å²) in [7, 11) is 3.82. The van der Waals surface area contributed by atoms with E-state index >= 15 is 0 Å². The van der Waals surface area contributed by atoms with E-state index in [1.807, 2.05) is 36.9 Å². The predicted molar refractivity (Wildman–Crippen MR) is 103 cm³/mol. The average molecular weight is 353 g/mol. The van der Waals surface area contributed by atoms with E-state index in [1.54, 1.807) is 0 Å². The van der Waals surface area contributed by atoms with E-state index in [4.69, 9.17) is 0 Å². The highest BCUT2D eigenvalue weighted by Gasteiger charge is 2.29. The van der Waals surface area contributed by atoms with Gasteiger partial charge in [-0.25, -0.2) is 14.8 Å². The van der Waals surface area contributed by atoms with E-state index in [9.17, 15) is 4.79 Å². The molecule has 0 bridgehead atoms. The molecule has 0 saturated heterocycles. The number of fused-ring (bicyclic) bond motifs is 1. The maximum Gasteiger partial charge on any atom is 0.318 e. The molecule has 1 aliphatic heterocycles. The van der Waals surface area contributed by atoms with Crippen LogP contribution in [-0.2, 0) is 13.0 Å². The van der Waals surface area contributed by atoms with Crippen LogP contribution >= 0.6 is 0 Å². The molecule has 1 aromatic heterocycles. The molecular formula is C20H27N5O. The van der Waals surface area contributed by atoms with Crippen LogP contribution in [0.4, 0.5) is 10.7 Å². The van der Waals surface area contributed by atoms with Crippen molar-refractivity contribution in [2.45, 2.75) is 39.3 Å². The maximum absolute atomic E-state index is 12.8. The summed E-state index contributed by atoms with van der Waals surface area (Å²) in [5.41, 5.74) is 4.33. The molecule has 0 aliphatic carbocycles. The minimum atomic E-state index is -0.0333. The number of aryl methyl sites for hydroxylation is 1. The fraction of sp³-hybridized carbons (Fsp3) is 0.450. The predicted octanol–water partition coefficient (Wildman–Crippen LogP) is 3.07. The fourth-order valence-electron chi connectivity index (χ4n) is 3.51. The number of hydrogen-bond donors (Lipinski definition) is 1. The van der Waals surface area contributed by atoms with Crippen LogP contribution in [0.3, 0.4) is 0 Å². The molecule has 2 heterocycles. The van der Waals surface area contributed by atoms with Crippen LogP contribution in [0.15, 0.2) is 30.3 Å². The van der Waals surface area contributed by atoms with Crippen molar-refractivity contribution in [1.82, 2.24) is 20.2 Å². The zero-order valence-electron chi connectivity index (χ0n) is 16.0. The third kappa shape index (κ3) is 3.79. The van der Waals surface area contributed by atoms with Crippen molar-refractivity contribution >= 4 is 12.0 Å². The van der Waals surface area contributed by atoms with Crippen LogP contribution < -0.4 is 10.2 Å². The van der Waals surface area contributed by atoms with Crippen molar-refractivity contribution in [1.29, 1.82) is 0 Å². The average Bonchev–Trinajstić information content (AvgIpc) is 2.64. The monoisotopic (exact) mass is 353 g/mol. The van der Waals surface area contributed by atoms with Crippen LogP contribution in [-0.4, -0.2) is 41.5 Å². The number of rotatable bonds is 4. The molecule has 1 aliphatic rings. The zero-order valence-corrected chi connectivity index (χ0v) is 16.0. The Bertz CT molecular complexity index is 790. The Morgan fingerprint density at radius 2 is 2.08 bits per heavy atom. The molecule has 2 amide bonds. The first-order valence-electron chi connectivity index (χ1n) is 9.13. The highest BCUT2D eigenvalue weighted by molar-refractivity contribution is 5.75. The van der Waals surface area contributed by atoms with Gasteiger partial charge in [-0.15, -0.1) is 0 Å². The molecule has 0 fully saturated rings. The standard InChI is InChI=1S/C20H27N5O/c1-5-18-17-9-7-6-8-15(17)10-11-25(18)20(26)21-13-16-12-14(2)22-19(23-16)24(3)4/h6-9,12,18H,5,10-11,13H2,1-4H3,(H,21,26). The third-order valence-electron chi connectivity index (χ3n) is 4.78. The first-order valence-corrected chi connectivity index (χ1v) is 9.13. The number of urea groups is 1. The van der Waals surface area contributed by atoms with Gasteiger partial charge in [-0.05, 0) is 37.0 Å². The van der Waals surface area contributed by atoms with Crippen LogP contribution in [0, 0.1) is 6.92 Å². The van der Waals surface area contributed by atoms with Crippen LogP contribution in [0.1, 0.15) is 41.9 Å². The molecule has 138 valence electrons. The van der Waals surface area contributed by atoms with Crippen LogP contribution in [0.5, 0.6) is 0 Å². The summed E-state index contributed by atoms with van der Waals surface area (Å²) in [6.07, 6.45) is 1.80. The van der Waals surface area contributed by atoms with Gasteiger partial charge in [0.1, 0.15) is 0 Å². The normalized spacial score (nSPS) is 16.2. The van der Waals surface area contributed by atoms with Crippen LogP contribution in [0.25, 0.3) is 0 Å². The summed E-state index contributed by atoms with van der Waals surface area (Å²) in [5.74, 6) is 0.660. The molecule has 1 aromatic carbocycles. The fourth-order valence-corrected chi connectivity index (χ4v) is 3.51. The molecule has 6 heteroatoms. The van der Waals surface area contributed by atoms with Gasteiger partial charge >= 0.3 is 6.03 Å². The summed E-state index contributed by atoms with van der Waals surface area (Å²) in [6, 6.07) is 10.4. The van der Waals surface area contributed by atoms with Gasteiger partial charge in [0.15, 0.2) is 0 Å². The molecule has 0 saturated carbocycles. The van der Waals surface area contributed by atoms with Gasteiger partial charge in [0, 0.05) is 26.3 Å². The van der Waals surface area contributed by atoms with Crippen molar-refractivity contribution in [3.05, 3.63) is 52.8 Å². The Balaban J connectivity index is 1.71. The molecule has 1 atom stereocenters. The van der Waals surface area contributed by atoms with E-state index < -0.39 is 0 Å². The van der Waals surface area contributed by atoms with Gasteiger partial charge < -0.3 is 15.1 Å². The second-order valence-corrected chi connectivity index (χ2v) is 6.92. The van der Waals surface area contributed by atoms with Crippen LogP contribution in [0.2, 0.25) is 0 Å². The van der Waals surface area contributed by atoms with Crippen molar-refractivity contribution < 1.29 is 4.79 Å². The lowest BCUT2D eigenvalue weighted by Crippen LogP contribution is -2.45. The Labute approximate surface area is 155 Å². The third-order valence-corrected chi connectivity index (χ3v) is 4.78. The lowest BCUT2D eigenvalue weighted by atomic mass is 9.91. The number of nitrogens with zero attached hydrogens (tertiary/aromatic N) is 4. The molecular weight excluding hydrogens is 326 g/mol. The quantitative estimate of drug-likeness (QED) is 0.918.